The third-order valence-corrected chi connectivity index (χ3v) is 15.4. The minimum atomic E-state index is -2.13. The summed E-state index contributed by atoms with van der Waals surface area (Å²) in [5.74, 6) is -1.33. The number of hydrogen-bond acceptors (Lipinski definition) is 8. The number of aliphatic carboxylic acids is 1. The standard InChI is InChI=1S/C30H42N4O8SSi/c1-17-24-23(18(2)42-44(7,8)30(4,5)6)27(35)33(24)25(28(36)37)26(17)43-22-13-14-32(15-22)19(3)31-29(38)41-16-20-9-11-21(12-10-20)34(39)40/h9-12,17-18,22-24H,13-16H2,1-8H3,(H,36,37)/t17-,18?,22?,23+,24+/m0/s1. The molecule has 0 aliphatic carbocycles. The van der Waals surface area contributed by atoms with Crippen LogP contribution in [0.5, 0.6) is 0 Å². The highest BCUT2D eigenvalue weighted by atomic mass is 32.2. The van der Waals surface area contributed by atoms with Crippen molar-refractivity contribution < 1.29 is 33.6 Å². The molecule has 1 aromatic rings. The molecule has 240 valence electrons. The van der Waals surface area contributed by atoms with E-state index in [1.165, 1.54) is 40.9 Å². The van der Waals surface area contributed by atoms with Crippen LogP contribution in [-0.2, 0) is 25.4 Å². The maximum Gasteiger partial charge on any atom is 0.435 e. The molecule has 2 amide bonds. The van der Waals surface area contributed by atoms with Gasteiger partial charge in [-0.1, -0.05) is 27.7 Å². The first-order valence-electron chi connectivity index (χ1n) is 14.8. The zero-order valence-corrected chi connectivity index (χ0v) is 28.3. The highest BCUT2D eigenvalue weighted by Gasteiger charge is 2.61. The predicted molar refractivity (Wildman–Crippen MR) is 170 cm³/mol. The lowest BCUT2D eigenvalue weighted by Crippen LogP contribution is -2.65. The molecule has 12 nitrogen and oxygen atoms in total. The number of nitrogens with zero attached hydrogens (tertiary/aromatic N) is 4. The van der Waals surface area contributed by atoms with Gasteiger partial charge in [-0.05, 0) is 56.1 Å². The van der Waals surface area contributed by atoms with Crippen LogP contribution in [0.3, 0.4) is 0 Å². The van der Waals surface area contributed by atoms with Crippen molar-refractivity contribution in [2.45, 2.75) is 90.1 Å². The number of ether oxygens (including phenoxy) is 1. The third-order valence-electron chi connectivity index (χ3n) is 9.24. The van der Waals surface area contributed by atoms with Crippen molar-refractivity contribution in [1.82, 2.24) is 9.80 Å². The van der Waals surface area contributed by atoms with Crippen LogP contribution in [0.15, 0.2) is 39.9 Å². The van der Waals surface area contributed by atoms with Gasteiger partial charge in [-0.25, -0.2) is 9.59 Å². The van der Waals surface area contributed by atoms with Crippen LogP contribution in [-0.4, -0.2) is 82.4 Å². The van der Waals surface area contributed by atoms with Crippen LogP contribution in [0.4, 0.5) is 10.5 Å². The Bertz CT molecular complexity index is 1390. The SMILES string of the molecule is CC(=NC(=O)OCc1ccc([N+](=O)[O-])cc1)N1CCC(SC2=C(C(=O)O)N3C(=O)[C@H](C(C)O[Si](C)(C)C(C)(C)C)[C@H]3[C@@H]2C)C1. The Balaban J connectivity index is 1.37. The fourth-order valence-corrected chi connectivity index (χ4v) is 8.69. The molecule has 14 heteroatoms. The zero-order chi connectivity index (χ0) is 32.7. The molecule has 3 aliphatic heterocycles. The van der Waals surface area contributed by atoms with E-state index >= 15 is 0 Å². The van der Waals surface area contributed by atoms with Crippen molar-refractivity contribution in [3.8, 4) is 0 Å². The molecule has 2 fully saturated rings. The first kappa shape index (κ1) is 33.7. The topological polar surface area (TPSA) is 152 Å². The first-order chi connectivity index (χ1) is 20.4. The van der Waals surface area contributed by atoms with E-state index < -0.39 is 31.2 Å². The van der Waals surface area contributed by atoms with Gasteiger partial charge in [-0.2, -0.15) is 4.99 Å². The molecular formula is C30H42N4O8SSi. The summed E-state index contributed by atoms with van der Waals surface area (Å²) in [5.41, 5.74) is 0.635. The number of amidine groups is 1. The van der Waals surface area contributed by atoms with Crippen LogP contribution < -0.4 is 0 Å². The summed E-state index contributed by atoms with van der Waals surface area (Å²) in [5, 5.41) is 21.0. The van der Waals surface area contributed by atoms with E-state index in [0.29, 0.717) is 29.4 Å². The molecule has 0 spiro atoms. The average molecular weight is 647 g/mol. The number of carbonyl (C=O) groups is 3. The van der Waals surface area contributed by atoms with Crippen molar-refractivity contribution in [3.05, 3.63) is 50.5 Å². The molecule has 44 heavy (non-hydrogen) atoms. The lowest BCUT2D eigenvalue weighted by atomic mass is 9.79. The van der Waals surface area contributed by atoms with Gasteiger partial charge in [-0.15, -0.1) is 11.8 Å². The third kappa shape index (κ3) is 6.71. The number of fused-ring (bicyclic) bond motifs is 1. The van der Waals surface area contributed by atoms with Gasteiger partial charge in [0.05, 0.1) is 23.0 Å². The largest absolute Gasteiger partial charge is 0.477 e. The van der Waals surface area contributed by atoms with Crippen LogP contribution in [0, 0.1) is 22.0 Å². The average Bonchev–Trinajstić information content (AvgIpc) is 3.48. The summed E-state index contributed by atoms with van der Waals surface area (Å²) >= 11 is 1.50. The molecular weight excluding hydrogens is 605 g/mol. The summed E-state index contributed by atoms with van der Waals surface area (Å²) in [6.07, 6.45) is -0.321. The van der Waals surface area contributed by atoms with Gasteiger partial charge in [0.1, 0.15) is 18.1 Å². The summed E-state index contributed by atoms with van der Waals surface area (Å²) < 4.78 is 11.8. The lowest BCUT2D eigenvalue weighted by Gasteiger charge is -2.50. The maximum absolute atomic E-state index is 13.4. The Hall–Kier alpha value is -3.23. The minimum absolute atomic E-state index is 0.0137. The Morgan fingerprint density at radius 3 is 2.45 bits per heavy atom. The number of carbonyl (C=O) groups excluding carboxylic acids is 2. The van der Waals surface area contributed by atoms with Crippen LogP contribution in [0.2, 0.25) is 18.1 Å². The number of β-lactam (4-membered cyclic amide) rings is 1. The molecule has 1 aromatic carbocycles. The first-order valence-corrected chi connectivity index (χ1v) is 18.6. The van der Waals surface area contributed by atoms with E-state index in [1.54, 1.807) is 6.92 Å². The summed E-state index contributed by atoms with van der Waals surface area (Å²) in [4.78, 5) is 56.6. The second-order valence-corrected chi connectivity index (χ2v) is 19.3. The van der Waals surface area contributed by atoms with Gasteiger partial charge in [0.15, 0.2) is 8.32 Å². The van der Waals surface area contributed by atoms with Crippen LogP contribution in [0.1, 0.15) is 53.5 Å². The number of likely N-dealkylation sites (tertiary alicyclic amines) is 1. The molecule has 1 N–H and O–H groups in total. The summed E-state index contributed by atoms with van der Waals surface area (Å²) in [7, 11) is -2.13. The van der Waals surface area contributed by atoms with Gasteiger partial charge in [0, 0.05) is 41.3 Å². The molecule has 0 bridgehead atoms. The van der Waals surface area contributed by atoms with Crippen molar-refractivity contribution >= 4 is 49.6 Å². The minimum Gasteiger partial charge on any atom is -0.477 e. The van der Waals surface area contributed by atoms with Gasteiger partial charge in [-0.3, -0.25) is 14.9 Å². The molecule has 5 atom stereocenters. The van der Waals surface area contributed by atoms with E-state index in [1.807, 2.05) is 18.7 Å². The fraction of sp³-hybridized carbons (Fsp3) is 0.600. The highest BCUT2D eigenvalue weighted by molar-refractivity contribution is 8.03. The monoisotopic (exact) mass is 646 g/mol. The Morgan fingerprint density at radius 1 is 1.25 bits per heavy atom. The number of nitro benzene ring substituents is 1. The van der Waals surface area contributed by atoms with E-state index in [4.69, 9.17) is 9.16 Å². The molecule has 0 radical (unpaired) electrons. The van der Waals surface area contributed by atoms with Gasteiger partial charge >= 0.3 is 12.1 Å². The Kier molecular flexibility index (Phi) is 9.67. The van der Waals surface area contributed by atoms with Gasteiger partial charge < -0.3 is 24.1 Å². The highest BCUT2D eigenvalue weighted by Crippen LogP contribution is 2.53. The Labute approximate surface area is 263 Å². The maximum atomic E-state index is 13.4. The molecule has 2 unspecified atom stereocenters. The number of carboxylic acid groups (broad SMARTS) is 1. The number of nitro groups is 1. The summed E-state index contributed by atoms with van der Waals surface area (Å²) in [6, 6.07) is 5.49. The van der Waals surface area contributed by atoms with E-state index in [9.17, 15) is 29.6 Å². The molecule has 0 aromatic heterocycles. The number of benzene rings is 1. The lowest BCUT2D eigenvalue weighted by molar-refractivity contribution is -0.384. The van der Waals surface area contributed by atoms with Crippen molar-refractivity contribution in [2.24, 2.45) is 16.8 Å². The zero-order valence-electron chi connectivity index (χ0n) is 26.5. The van der Waals surface area contributed by atoms with Gasteiger partial charge in [0.25, 0.3) is 5.69 Å². The number of hydrogen-bond donors (Lipinski definition) is 1. The molecule has 3 aliphatic rings. The quantitative estimate of drug-likeness (QED) is 0.0891. The fourth-order valence-electron chi connectivity index (χ4n) is 5.77. The van der Waals surface area contributed by atoms with E-state index in [2.05, 4.69) is 38.9 Å². The second kappa shape index (κ2) is 12.6. The van der Waals surface area contributed by atoms with E-state index in [-0.39, 0.29) is 52.3 Å². The number of thioether (sulfide) groups is 1. The number of carboxylic acids is 1. The smallest absolute Gasteiger partial charge is 0.435 e. The van der Waals surface area contributed by atoms with Crippen molar-refractivity contribution in [1.29, 1.82) is 0 Å². The normalized spacial score (nSPS) is 24.7. The number of non-ortho nitro benzene ring substituents is 1. The molecule has 0 saturated carbocycles. The van der Waals surface area contributed by atoms with Crippen molar-refractivity contribution in [2.75, 3.05) is 13.1 Å². The predicted octanol–water partition coefficient (Wildman–Crippen LogP) is 5.64. The Morgan fingerprint density at radius 2 is 1.89 bits per heavy atom. The van der Waals surface area contributed by atoms with Gasteiger partial charge in [0.2, 0.25) is 5.91 Å². The van der Waals surface area contributed by atoms with Crippen LogP contribution >= 0.6 is 11.8 Å². The molecule has 3 heterocycles. The van der Waals surface area contributed by atoms with Crippen LogP contribution in [0.25, 0.3) is 0 Å². The number of aliphatic imine (C=N–C) groups is 1. The molecule has 2 saturated heterocycles. The summed E-state index contributed by atoms with van der Waals surface area (Å²) in [6.45, 7) is 17.6. The number of rotatable bonds is 9. The number of amides is 2. The van der Waals surface area contributed by atoms with E-state index in [0.717, 1.165) is 6.42 Å². The molecule has 4 rings (SSSR count). The van der Waals surface area contributed by atoms with Crippen molar-refractivity contribution in [3.63, 3.8) is 0 Å². The second-order valence-electron chi connectivity index (χ2n) is 13.2.